The smallest absolute Gasteiger partial charge is 0.334 e. The molecule has 3 unspecified atom stereocenters. The highest BCUT2D eigenvalue weighted by atomic mass is 32.2. The number of nitrogens with zero attached hydrogens (tertiary/aromatic N) is 1. The molecule has 0 aromatic heterocycles. The zero-order valence-electron chi connectivity index (χ0n) is 15.2. The van der Waals surface area contributed by atoms with Crippen LogP contribution in [-0.4, -0.2) is 45.9 Å². The molecule has 1 saturated heterocycles. The minimum atomic E-state index is -1.34. The molecule has 3 atom stereocenters. The molecule has 1 spiro atoms. The maximum absolute atomic E-state index is 13.1. The number of rotatable bonds is 3. The molecule has 1 fully saturated rings. The Balaban J connectivity index is 2.02. The van der Waals surface area contributed by atoms with Crippen LogP contribution in [0, 0.1) is 5.92 Å². The molecule has 0 radical (unpaired) electrons. The average molecular weight is 363 g/mol. The van der Waals surface area contributed by atoms with Crippen molar-refractivity contribution in [3.8, 4) is 0 Å². The Bertz CT molecular complexity index is 675. The summed E-state index contributed by atoms with van der Waals surface area (Å²) >= 11 is 1.35. The van der Waals surface area contributed by atoms with E-state index in [4.69, 9.17) is 9.47 Å². The standard InChI is InChI=1S/C19H25NO4S/c1-5-23-15(21)19(16(22)24-17(2,3)4)12-13-9-11-20-14-8-6-7-10-18(13,14)25-19/h6-8,10,13H,5,9,11-12H2,1-4H3. The van der Waals surface area contributed by atoms with Crippen molar-refractivity contribution in [3.05, 3.63) is 24.3 Å². The largest absolute Gasteiger partial charge is 0.465 e. The van der Waals surface area contributed by atoms with Crippen molar-refractivity contribution in [2.24, 2.45) is 10.9 Å². The molecule has 0 N–H and O–H groups in total. The third kappa shape index (κ3) is 3.05. The van der Waals surface area contributed by atoms with Gasteiger partial charge < -0.3 is 9.47 Å². The van der Waals surface area contributed by atoms with E-state index < -0.39 is 27.0 Å². The van der Waals surface area contributed by atoms with Crippen LogP contribution < -0.4 is 0 Å². The Morgan fingerprint density at radius 3 is 2.76 bits per heavy atom. The van der Waals surface area contributed by atoms with Crippen LogP contribution >= 0.6 is 11.8 Å². The van der Waals surface area contributed by atoms with Crippen LogP contribution in [-0.2, 0) is 19.1 Å². The molecular formula is C19H25NO4S. The van der Waals surface area contributed by atoms with Crippen LogP contribution in [0.2, 0.25) is 0 Å². The zero-order chi connectivity index (χ0) is 18.3. The van der Waals surface area contributed by atoms with Gasteiger partial charge in [0.2, 0.25) is 4.75 Å². The van der Waals surface area contributed by atoms with Gasteiger partial charge in [0, 0.05) is 6.54 Å². The molecule has 0 amide bonds. The van der Waals surface area contributed by atoms with Crippen molar-refractivity contribution in [2.45, 2.75) is 55.6 Å². The van der Waals surface area contributed by atoms with Gasteiger partial charge in [-0.3, -0.25) is 4.99 Å². The second kappa shape index (κ2) is 6.31. The van der Waals surface area contributed by atoms with Gasteiger partial charge in [0.1, 0.15) is 5.60 Å². The van der Waals surface area contributed by atoms with E-state index in [1.807, 2.05) is 39.0 Å². The Labute approximate surface area is 152 Å². The summed E-state index contributed by atoms with van der Waals surface area (Å²) in [6, 6.07) is 0. The molecule has 3 rings (SSSR count). The van der Waals surface area contributed by atoms with Crippen molar-refractivity contribution < 1.29 is 19.1 Å². The normalized spacial score (nSPS) is 33.3. The SMILES string of the molecule is CCOC(=O)C1(C(=O)OC(C)(C)C)CC2CCN=C3C=CC=CC32S1. The van der Waals surface area contributed by atoms with Crippen molar-refractivity contribution in [2.75, 3.05) is 13.2 Å². The summed E-state index contributed by atoms with van der Waals surface area (Å²) in [6.45, 7) is 8.13. The molecule has 6 heteroatoms. The fourth-order valence-electron chi connectivity index (χ4n) is 3.68. The number of hydrogen-bond acceptors (Lipinski definition) is 6. The zero-order valence-corrected chi connectivity index (χ0v) is 16.0. The maximum Gasteiger partial charge on any atom is 0.334 e. The molecule has 0 saturated carbocycles. The number of esters is 2. The maximum atomic E-state index is 13.1. The van der Waals surface area contributed by atoms with Crippen LogP contribution in [0.25, 0.3) is 0 Å². The predicted molar refractivity (Wildman–Crippen MR) is 98.8 cm³/mol. The lowest BCUT2D eigenvalue weighted by Gasteiger charge is -2.37. The molecule has 2 heterocycles. The summed E-state index contributed by atoms with van der Waals surface area (Å²) in [5, 5.41) is 0. The predicted octanol–water partition coefficient (Wildman–Crippen LogP) is 3.09. The Hall–Kier alpha value is -1.56. The summed E-state index contributed by atoms with van der Waals surface area (Å²) < 4.78 is 9.15. The molecule has 1 aliphatic carbocycles. The second-order valence-electron chi connectivity index (χ2n) is 7.62. The van der Waals surface area contributed by atoms with Crippen LogP contribution in [0.15, 0.2) is 29.3 Å². The Kier molecular flexibility index (Phi) is 4.60. The lowest BCUT2D eigenvalue weighted by atomic mass is 9.76. The number of aliphatic imine (C=N–C) groups is 1. The van der Waals surface area contributed by atoms with Crippen LogP contribution in [0.5, 0.6) is 0 Å². The minimum Gasteiger partial charge on any atom is -0.465 e. The number of hydrogen-bond donors (Lipinski definition) is 0. The van der Waals surface area contributed by atoms with Gasteiger partial charge in [-0.05, 0) is 52.5 Å². The van der Waals surface area contributed by atoms with E-state index in [1.165, 1.54) is 11.8 Å². The summed E-state index contributed by atoms with van der Waals surface area (Å²) in [5.74, 6) is -0.849. The molecule has 2 aliphatic heterocycles. The molecule has 25 heavy (non-hydrogen) atoms. The van der Waals surface area contributed by atoms with Gasteiger partial charge in [0.05, 0.1) is 17.1 Å². The number of thioether (sulfide) groups is 1. The van der Waals surface area contributed by atoms with Crippen LogP contribution in [0.4, 0.5) is 0 Å². The van der Waals surface area contributed by atoms with E-state index in [0.29, 0.717) is 13.0 Å². The lowest BCUT2D eigenvalue weighted by molar-refractivity contribution is -0.166. The second-order valence-corrected chi connectivity index (χ2v) is 9.20. The minimum absolute atomic E-state index is 0.156. The first-order valence-electron chi connectivity index (χ1n) is 8.75. The third-order valence-corrected chi connectivity index (χ3v) is 6.55. The summed E-state index contributed by atoms with van der Waals surface area (Å²) in [6.07, 6.45) is 9.24. The van der Waals surface area contributed by atoms with E-state index in [2.05, 4.69) is 11.1 Å². The molecule has 3 aliphatic rings. The third-order valence-electron chi connectivity index (χ3n) is 4.69. The number of allylic oxidation sites excluding steroid dienone is 3. The molecule has 0 aromatic carbocycles. The first-order valence-corrected chi connectivity index (χ1v) is 9.57. The van der Waals surface area contributed by atoms with E-state index in [0.717, 1.165) is 12.1 Å². The number of ether oxygens (including phenoxy) is 2. The molecule has 5 nitrogen and oxygen atoms in total. The lowest BCUT2D eigenvalue weighted by Crippen LogP contribution is -2.47. The average Bonchev–Trinajstić information content (AvgIpc) is 2.88. The Morgan fingerprint density at radius 1 is 1.32 bits per heavy atom. The fourth-order valence-corrected chi connectivity index (χ4v) is 5.56. The molecule has 136 valence electrons. The monoisotopic (exact) mass is 363 g/mol. The van der Waals surface area contributed by atoms with Gasteiger partial charge in [-0.15, -0.1) is 11.8 Å². The van der Waals surface area contributed by atoms with Crippen molar-refractivity contribution in [3.63, 3.8) is 0 Å². The van der Waals surface area contributed by atoms with E-state index in [-0.39, 0.29) is 12.5 Å². The summed E-state index contributed by atoms with van der Waals surface area (Å²) in [5.41, 5.74) is 0.271. The first-order chi connectivity index (χ1) is 11.7. The van der Waals surface area contributed by atoms with Crippen molar-refractivity contribution in [1.82, 2.24) is 0 Å². The number of carbonyl (C=O) groups is 2. The van der Waals surface area contributed by atoms with Gasteiger partial charge in [-0.25, -0.2) is 9.59 Å². The van der Waals surface area contributed by atoms with E-state index in [9.17, 15) is 9.59 Å². The fraction of sp³-hybridized carbons (Fsp3) is 0.632. The Morgan fingerprint density at radius 2 is 2.08 bits per heavy atom. The highest BCUT2D eigenvalue weighted by Crippen LogP contribution is 2.59. The molecular weight excluding hydrogens is 338 g/mol. The van der Waals surface area contributed by atoms with Gasteiger partial charge in [-0.2, -0.15) is 0 Å². The molecule has 0 bridgehead atoms. The van der Waals surface area contributed by atoms with Crippen molar-refractivity contribution in [1.29, 1.82) is 0 Å². The van der Waals surface area contributed by atoms with Crippen LogP contribution in [0.3, 0.4) is 0 Å². The number of carbonyl (C=O) groups excluding carboxylic acids is 2. The first kappa shape index (κ1) is 18.2. The van der Waals surface area contributed by atoms with Gasteiger partial charge in [0.15, 0.2) is 0 Å². The summed E-state index contributed by atoms with van der Waals surface area (Å²) in [4.78, 5) is 30.6. The quantitative estimate of drug-likeness (QED) is 0.569. The van der Waals surface area contributed by atoms with E-state index in [1.54, 1.807) is 6.92 Å². The van der Waals surface area contributed by atoms with Crippen molar-refractivity contribution >= 4 is 29.4 Å². The summed E-state index contributed by atoms with van der Waals surface area (Å²) in [7, 11) is 0. The van der Waals surface area contributed by atoms with Crippen LogP contribution in [0.1, 0.15) is 40.5 Å². The highest BCUT2D eigenvalue weighted by molar-refractivity contribution is 8.04. The van der Waals surface area contributed by atoms with E-state index >= 15 is 0 Å². The van der Waals surface area contributed by atoms with Gasteiger partial charge >= 0.3 is 11.9 Å². The van der Waals surface area contributed by atoms with Gasteiger partial charge in [-0.1, -0.05) is 18.2 Å². The van der Waals surface area contributed by atoms with Gasteiger partial charge in [0.25, 0.3) is 0 Å². The molecule has 0 aromatic rings. The highest BCUT2D eigenvalue weighted by Gasteiger charge is 2.65. The topological polar surface area (TPSA) is 65.0 Å².